The lowest BCUT2D eigenvalue weighted by Gasteiger charge is -2.26. The lowest BCUT2D eigenvalue weighted by molar-refractivity contribution is 0.171. The fraction of sp³-hybridized carbons (Fsp3) is 0.500. The van der Waals surface area contributed by atoms with Crippen LogP contribution in [0.25, 0.3) is 0 Å². The Bertz CT molecular complexity index is 833. The smallest absolute Gasteiger partial charge is 0.315 e. The highest BCUT2D eigenvalue weighted by molar-refractivity contribution is 5.75. The summed E-state index contributed by atoms with van der Waals surface area (Å²) in [6, 6.07) is 5.64. The average molecular weight is 370 g/mol. The number of aromatic nitrogens is 2. The Kier molecular flexibility index (Phi) is 4.92. The number of nitrogens with one attached hydrogen (secondary N) is 2. The van der Waals surface area contributed by atoms with E-state index in [0.29, 0.717) is 13.2 Å². The quantitative estimate of drug-likeness (QED) is 0.867. The van der Waals surface area contributed by atoms with Crippen molar-refractivity contribution in [3.05, 3.63) is 41.2 Å². The molecule has 2 N–H and O–H groups in total. The molecule has 1 aromatic carbocycles. The SMILES string of the molecule is CC[C@H](NC(=O)N[C@@H]1CCCc2c1cnn2C)c1ccc2c(c1)OCCO2. The summed E-state index contributed by atoms with van der Waals surface area (Å²) < 4.78 is 13.1. The van der Waals surface area contributed by atoms with E-state index in [-0.39, 0.29) is 18.1 Å². The summed E-state index contributed by atoms with van der Waals surface area (Å²) >= 11 is 0. The van der Waals surface area contributed by atoms with E-state index in [9.17, 15) is 4.79 Å². The number of hydrogen-bond acceptors (Lipinski definition) is 4. The first-order chi connectivity index (χ1) is 13.2. The zero-order valence-electron chi connectivity index (χ0n) is 15.8. The Morgan fingerprint density at radius 1 is 1.33 bits per heavy atom. The van der Waals surface area contributed by atoms with Gasteiger partial charge in [0.25, 0.3) is 0 Å². The molecule has 144 valence electrons. The number of benzene rings is 1. The highest BCUT2D eigenvalue weighted by atomic mass is 16.6. The van der Waals surface area contributed by atoms with Crippen LogP contribution in [-0.2, 0) is 13.5 Å². The lowest BCUT2D eigenvalue weighted by Crippen LogP contribution is -2.40. The normalized spacial score (nSPS) is 19.1. The van der Waals surface area contributed by atoms with Gasteiger partial charge in [0.05, 0.1) is 18.3 Å². The van der Waals surface area contributed by atoms with Crippen LogP contribution >= 0.6 is 0 Å². The molecule has 1 aromatic heterocycles. The summed E-state index contributed by atoms with van der Waals surface area (Å²) in [5, 5.41) is 10.6. The van der Waals surface area contributed by atoms with E-state index < -0.39 is 0 Å². The molecular formula is C20H26N4O3. The first-order valence-corrected chi connectivity index (χ1v) is 9.63. The molecule has 2 atom stereocenters. The van der Waals surface area contributed by atoms with Crippen LogP contribution in [-0.4, -0.2) is 29.0 Å². The van der Waals surface area contributed by atoms with E-state index in [2.05, 4.69) is 22.7 Å². The fourth-order valence-electron chi connectivity index (χ4n) is 3.91. The molecule has 1 aliphatic heterocycles. The number of urea groups is 1. The largest absolute Gasteiger partial charge is 0.486 e. The zero-order valence-corrected chi connectivity index (χ0v) is 15.8. The fourth-order valence-corrected chi connectivity index (χ4v) is 3.91. The van der Waals surface area contributed by atoms with Crippen molar-refractivity contribution in [1.82, 2.24) is 20.4 Å². The molecule has 0 radical (unpaired) electrons. The molecule has 1 aliphatic carbocycles. The van der Waals surface area contributed by atoms with Gasteiger partial charge in [-0.3, -0.25) is 4.68 Å². The number of carbonyl (C=O) groups is 1. The van der Waals surface area contributed by atoms with E-state index in [1.54, 1.807) is 0 Å². The van der Waals surface area contributed by atoms with Crippen molar-refractivity contribution in [3.63, 3.8) is 0 Å². The second-order valence-electron chi connectivity index (χ2n) is 7.10. The van der Waals surface area contributed by atoms with E-state index in [1.807, 2.05) is 36.1 Å². The first-order valence-electron chi connectivity index (χ1n) is 9.63. The van der Waals surface area contributed by atoms with Gasteiger partial charge in [-0.1, -0.05) is 13.0 Å². The minimum Gasteiger partial charge on any atom is -0.486 e. The van der Waals surface area contributed by atoms with Crippen molar-refractivity contribution >= 4 is 6.03 Å². The molecule has 0 bridgehead atoms. The van der Waals surface area contributed by atoms with Gasteiger partial charge in [-0.15, -0.1) is 0 Å². The van der Waals surface area contributed by atoms with Crippen molar-refractivity contribution in [2.45, 2.75) is 44.7 Å². The predicted octanol–water partition coefficient (Wildman–Crippen LogP) is 3.02. The molecule has 7 nitrogen and oxygen atoms in total. The van der Waals surface area contributed by atoms with Crippen LogP contribution < -0.4 is 20.1 Å². The molecule has 2 heterocycles. The molecule has 2 aliphatic rings. The Balaban J connectivity index is 1.44. The van der Waals surface area contributed by atoms with Crippen molar-refractivity contribution < 1.29 is 14.3 Å². The number of nitrogens with zero attached hydrogens (tertiary/aromatic N) is 2. The van der Waals surface area contributed by atoms with Gasteiger partial charge in [0.2, 0.25) is 0 Å². The van der Waals surface area contributed by atoms with E-state index >= 15 is 0 Å². The minimum absolute atomic E-state index is 0.0141. The Morgan fingerprint density at radius 2 is 2.15 bits per heavy atom. The molecule has 0 unspecified atom stereocenters. The summed E-state index contributed by atoms with van der Waals surface area (Å²) in [5.74, 6) is 1.50. The van der Waals surface area contributed by atoms with E-state index in [1.165, 1.54) is 5.69 Å². The maximum atomic E-state index is 12.7. The molecule has 0 fully saturated rings. The summed E-state index contributed by atoms with van der Waals surface area (Å²) in [6.07, 6.45) is 5.66. The summed E-state index contributed by atoms with van der Waals surface area (Å²) in [4.78, 5) is 12.7. The van der Waals surface area contributed by atoms with Crippen molar-refractivity contribution in [1.29, 1.82) is 0 Å². The van der Waals surface area contributed by atoms with Gasteiger partial charge in [-0.2, -0.15) is 5.10 Å². The molecule has 0 spiro atoms. The van der Waals surface area contributed by atoms with Crippen molar-refractivity contribution in [2.75, 3.05) is 13.2 Å². The summed E-state index contributed by atoms with van der Waals surface area (Å²) in [6.45, 7) is 3.18. The van der Waals surface area contributed by atoms with Gasteiger partial charge in [0, 0.05) is 18.3 Å². The topological polar surface area (TPSA) is 77.4 Å². The molecule has 4 rings (SSSR count). The molecule has 0 saturated heterocycles. The van der Waals surface area contributed by atoms with Crippen LogP contribution in [0.4, 0.5) is 4.79 Å². The lowest BCUT2D eigenvalue weighted by atomic mass is 9.93. The van der Waals surface area contributed by atoms with Crippen LogP contribution in [0.5, 0.6) is 11.5 Å². The van der Waals surface area contributed by atoms with Crippen LogP contribution in [0.2, 0.25) is 0 Å². The zero-order chi connectivity index (χ0) is 18.8. The Hall–Kier alpha value is -2.70. The third-order valence-electron chi connectivity index (χ3n) is 5.36. The van der Waals surface area contributed by atoms with Crippen molar-refractivity contribution in [2.24, 2.45) is 7.05 Å². The summed E-state index contributed by atoms with van der Waals surface area (Å²) in [7, 11) is 1.95. The van der Waals surface area contributed by atoms with Gasteiger partial charge in [0.15, 0.2) is 11.5 Å². The van der Waals surface area contributed by atoms with Gasteiger partial charge < -0.3 is 20.1 Å². The highest BCUT2D eigenvalue weighted by Crippen LogP contribution is 2.33. The van der Waals surface area contributed by atoms with E-state index in [0.717, 1.165) is 48.3 Å². The first kappa shape index (κ1) is 17.7. The molecule has 2 aromatic rings. The summed E-state index contributed by atoms with van der Waals surface area (Å²) in [5.41, 5.74) is 3.36. The number of rotatable bonds is 4. The van der Waals surface area contributed by atoms with Gasteiger partial charge in [-0.25, -0.2) is 4.79 Å². The van der Waals surface area contributed by atoms with Crippen LogP contribution in [0.15, 0.2) is 24.4 Å². The number of carbonyl (C=O) groups excluding carboxylic acids is 1. The minimum atomic E-state index is -0.154. The second-order valence-corrected chi connectivity index (χ2v) is 7.10. The van der Waals surface area contributed by atoms with Gasteiger partial charge >= 0.3 is 6.03 Å². The second kappa shape index (κ2) is 7.50. The number of ether oxygens (including phenoxy) is 2. The maximum Gasteiger partial charge on any atom is 0.315 e. The number of amides is 2. The van der Waals surface area contributed by atoms with Gasteiger partial charge in [-0.05, 0) is 43.4 Å². The molecular weight excluding hydrogens is 344 g/mol. The maximum absolute atomic E-state index is 12.7. The highest BCUT2D eigenvalue weighted by Gasteiger charge is 2.25. The van der Waals surface area contributed by atoms with E-state index in [4.69, 9.17) is 9.47 Å². The van der Waals surface area contributed by atoms with Crippen molar-refractivity contribution in [3.8, 4) is 11.5 Å². The third kappa shape index (κ3) is 3.59. The standard InChI is InChI=1S/C20H26N4O3/c1-3-15(13-7-8-18-19(11-13)27-10-9-26-18)22-20(25)23-16-5-4-6-17-14(16)12-21-24(17)2/h7-8,11-12,15-16H,3-6,9-10H2,1-2H3,(H2,22,23,25)/t15-,16+/m0/s1. The number of fused-ring (bicyclic) bond motifs is 2. The Labute approximate surface area is 159 Å². The molecule has 0 saturated carbocycles. The van der Waals surface area contributed by atoms with Gasteiger partial charge in [0.1, 0.15) is 13.2 Å². The predicted molar refractivity (Wildman–Crippen MR) is 101 cm³/mol. The van der Waals surface area contributed by atoms with Crippen LogP contribution in [0.3, 0.4) is 0 Å². The monoisotopic (exact) mass is 370 g/mol. The molecule has 7 heteroatoms. The van der Waals surface area contributed by atoms with Crippen LogP contribution in [0, 0.1) is 0 Å². The molecule has 2 amide bonds. The third-order valence-corrected chi connectivity index (χ3v) is 5.36. The molecule has 27 heavy (non-hydrogen) atoms. The van der Waals surface area contributed by atoms with Crippen LogP contribution in [0.1, 0.15) is 55.1 Å². The average Bonchev–Trinajstić information content (AvgIpc) is 3.08. The number of hydrogen-bond donors (Lipinski definition) is 2. The Morgan fingerprint density at radius 3 is 2.96 bits per heavy atom. The number of aryl methyl sites for hydroxylation is 1.